The number of rotatable bonds is 6. The molecule has 0 N–H and O–H groups in total. The minimum atomic E-state index is 0.0928. The molecular formula is C23H27N. The van der Waals surface area contributed by atoms with Crippen LogP contribution in [0.4, 0.5) is 0 Å². The third-order valence-corrected chi connectivity index (χ3v) is 5.56. The van der Waals surface area contributed by atoms with Crippen LogP contribution in [0.1, 0.15) is 74.6 Å². The quantitative estimate of drug-likeness (QED) is 0.595. The molecule has 3 rings (SSSR count). The predicted molar refractivity (Wildman–Crippen MR) is 101 cm³/mol. The van der Waals surface area contributed by atoms with Gasteiger partial charge in [0.2, 0.25) is 0 Å². The van der Waals surface area contributed by atoms with Crippen LogP contribution in [0.3, 0.4) is 0 Å². The molecule has 0 aromatic heterocycles. The van der Waals surface area contributed by atoms with E-state index in [0.717, 1.165) is 5.56 Å². The van der Waals surface area contributed by atoms with Gasteiger partial charge in [-0.3, -0.25) is 0 Å². The molecule has 0 atom stereocenters. The Bertz CT molecular complexity index is 771. The van der Waals surface area contributed by atoms with Crippen molar-refractivity contribution < 1.29 is 0 Å². The second-order valence-electron chi connectivity index (χ2n) is 7.21. The number of hydrogen-bond donors (Lipinski definition) is 0. The minimum absolute atomic E-state index is 0.0928. The van der Waals surface area contributed by atoms with Gasteiger partial charge in [-0.2, -0.15) is 5.26 Å². The maximum atomic E-state index is 9.40. The van der Waals surface area contributed by atoms with E-state index in [2.05, 4.69) is 57.2 Å². The first kappa shape index (κ1) is 16.8. The normalized spacial score (nSPS) is 14.1. The Hall–Kier alpha value is -2.07. The van der Waals surface area contributed by atoms with Crippen molar-refractivity contribution >= 4 is 0 Å². The van der Waals surface area contributed by atoms with Crippen LogP contribution in [-0.2, 0) is 5.41 Å². The number of fused-ring (bicyclic) bond motifs is 3. The van der Waals surface area contributed by atoms with Crippen LogP contribution < -0.4 is 0 Å². The zero-order valence-corrected chi connectivity index (χ0v) is 15.2. The average molecular weight is 317 g/mol. The van der Waals surface area contributed by atoms with E-state index in [1.54, 1.807) is 0 Å². The summed E-state index contributed by atoms with van der Waals surface area (Å²) in [5, 5.41) is 9.40. The summed E-state index contributed by atoms with van der Waals surface area (Å²) >= 11 is 0. The molecule has 0 bridgehead atoms. The number of nitrogens with zero attached hydrogens (tertiary/aromatic N) is 1. The van der Waals surface area contributed by atoms with Gasteiger partial charge in [-0.05, 0) is 54.2 Å². The van der Waals surface area contributed by atoms with Gasteiger partial charge in [-0.1, -0.05) is 69.4 Å². The van der Waals surface area contributed by atoms with Gasteiger partial charge in [0, 0.05) is 5.41 Å². The summed E-state index contributed by atoms with van der Waals surface area (Å²) in [7, 11) is 0. The lowest BCUT2D eigenvalue weighted by Gasteiger charge is -2.33. The maximum Gasteiger partial charge on any atom is 0.0991 e. The van der Waals surface area contributed by atoms with Crippen LogP contribution in [0, 0.1) is 18.3 Å². The lowest BCUT2D eigenvalue weighted by atomic mass is 9.70. The van der Waals surface area contributed by atoms with Gasteiger partial charge in [0.05, 0.1) is 11.6 Å². The third kappa shape index (κ3) is 2.65. The standard InChI is InChI=1S/C23H27N/c1-4-6-12-23(13-7-5-2)21-14-17(3)8-10-19(21)20-11-9-18(16-24)15-22(20)23/h8-11,14-15H,4-7,12-13H2,1-3H3. The SMILES string of the molecule is CCCCC1(CCCC)c2cc(C)ccc2-c2ccc(C#N)cc21. The van der Waals surface area contributed by atoms with Crippen molar-refractivity contribution in [2.75, 3.05) is 0 Å². The topological polar surface area (TPSA) is 23.8 Å². The molecule has 0 unspecified atom stereocenters. The van der Waals surface area contributed by atoms with Crippen molar-refractivity contribution in [2.24, 2.45) is 0 Å². The summed E-state index contributed by atoms with van der Waals surface area (Å²) < 4.78 is 0. The summed E-state index contributed by atoms with van der Waals surface area (Å²) in [4.78, 5) is 0. The van der Waals surface area contributed by atoms with Crippen molar-refractivity contribution in [1.29, 1.82) is 5.26 Å². The summed E-state index contributed by atoms with van der Waals surface area (Å²) in [5.74, 6) is 0. The van der Waals surface area contributed by atoms with Crippen LogP contribution in [0.2, 0.25) is 0 Å². The molecule has 1 nitrogen and oxygen atoms in total. The molecule has 0 saturated heterocycles. The highest BCUT2D eigenvalue weighted by Gasteiger charge is 2.42. The summed E-state index contributed by atoms with van der Waals surface area (Å²) in [5.41, 5.74) is 7.83. The van der Waals surface area contributed by atoms with E-state index in [-0.39, 0.29) is 5.41 Å². The van der Waals surface area contributed by atoms with Gasteiger partial charge in [-0.15, -0.1) is 0 Å². The number of hydrogen-bond acceptors (Lipinski definition) is 1. The monoisotopic (exact) mass is 317 g/mol. The number of aryl methyl sites for hydroxylation is 1. The van der Waals surface area contributed by atoms with Crippen LogP contribution >= 0.6 is 0 Å². The Morgan fingerprint density at radius 2 is 1.46 bits per heavy atom. The second kappa shape index (κ2) is 6.81. The highest BCUT2D eigenvalue weighted by Crippen LogP contribution is 2.54. The zero-order chi connectivity index (χ0) is 17.2. The van der Waals surface area contributed by atoms with Gasteiger partial charge >= 0.3 is 0 Å². The Morgan fingerprint density at radius 3 is 2.04 bits per heavy atom. The lowest BCUT2D eigenvalue weighted by Crippen LogP contribution is -2.25. The van der Waals surface area contributed by atoms with Crippen LogP contribution in [0.25, 0.3) is 11.1 Å². The highest BCUT2D eigenvalue weighted by molar-refractivity contribution is 5.82. The van der Waals surface area contributed by atoms with Gasteiger partial charge in [-0.25, -0.2) is 0 Å². The molecular weight excluding hydrogens is 290 g/mol. The molecule has 0 saturated carbocycles. The fraction of sp³-hybridized carbons (Fsp3) is 0.435. The van der Waals surface area contributed by atoms with Gasteiger partial charge in [0.15, 0.2) is 0 Å². The molecule has 1 aliphatic rings. The van der Waals surface area contributed by atoms with E-state index in [9.17, 15) is 5.26 Å². The summed E-state index contributed by atoms with van der Waals surface area (Å²) in [6.07, 6.45) is 7.24. The molecule has 124 valence electrons. The molecule has 0 spiro atoms. The largest absolute Gasteiger partial charge is 0.192 e. The van der Waals surface area contributed by atoms with E-state index in [4.69, 9.17) is 0 Å². The third-order valence-electron chi connectivity index (χ3n) is 5.56. The van der Waals surface area contributed by atoms with Crippen molar-refractivity contribution in [3.8, 4) is 17.2 Å². The Kier molecular flexibility index (Phi) is 4.76. The van der Waals surface area contributed by atoms with E-state index >= 15 is 0 Å². The van der Waals surface area contributed by atoms with Gasteiger partial charge in [0.25, 0.3) is 0 Å². The summed E-state index contributed by atoms with van der Waals surface area (Å²) in [6.45, 7) is 6.73. The molecule has 0 radical (unpaired) electrons. The first-order valence-electron chi connectivity index (χ1n) is 9.32. The smallest absolute Gasteiger partial charge is 0.0991 e. The lowest BCUT2D eigenvalue weighted by molar-refractivity contribution is 0.414. The van der Waals surface area contributed by atoms with Crippen molar-refractivity contribution in [3.05, 3.63) is 58.7 Å². The second-order valence-corrected chi connectivity index (χ2v) is 7.21. The maximum absolute atomic E-state index is 9.40. The first-order chi connectivity index (χ1) is 11.7. The van der Waals surface area contributed by atoms with Crippen LogP contribution in [-0.4, -0.2) is 0 Å². The fourth-order valence-electron chi connectivity index (χ4n) is 4.30. The first-order valence-corrected chi connectivity index (χ1v) is 9.32. The van der Waals surface area contributed by atoms with Crippen molar-refractivity contribution in [1.82, 2.24) is 0 Å². The number of nitriles is 1. The molecule has 0 amide bonds. The predicted octanol–water partition coefficient (Wildman–Crippen LogP) is 6.51. The summed E-state index contributed by atoms with van der Waals surface area (Å²) in [6, 6.07) is 15.5. The molecule has 1 aliphatic carbocycles. The van der Waals surface area contributed by atoms with Gasteiger partial charge < -0.3 is 0 Å². The highest BCUT2D eigenvalue weighted by atomic mass is 14.4. The van der Waals surface area contributed by atoms with Crippen molar-refractivity contribution in [3.63, 3.8) is 0 Å². The Labute approximate surface area is 146 Å². The van der Waals surface area contributed by atoms with Gasteiger partial charge in [0.1, 0.15) is 0 Å². The van der Waals surface area contributed by atoms with Crippen LogP contribution in [0.5, 0.6) is 0 Å². The fourth-order valence-corrected chi connectivity index (χ4v) is 4.30. The van der Waals surface area contributed by atoms with E-state index in [0.29, 0.717) is 0 Å². The van der Waals surface area contributed by atoms with E-state index < -0.39 is 0 Å². The van der Waals surface area contributed by atoms with Crippen molar-refractivity contribution in [2.45, 2.75) is 64.7 Å². The molecule has 1 heteroatoms. The molecule has 2 aromatic carbocycles. The minimum Gasteiger partial charge on any atom is -0.192 e. The number of unbranched alkanes of at least 4 members (excludes halogenated alkanes) is 2. The molecule has 0 heterocycles. The molecule has 0 aliphatic heterocycles. The molecule has 0 fully saturated rings. The van der Waals surface area contributed by atoms with E-state index in [1.165, 1.54) is 66.3 Å². The number of benzene rings is 2. The Balaban J connectivity index is 2.25. The Morgan fingerprint density at radius 1 is 0.875 bits per heavy atom. The molecule has 2 aromatic rings. The molecule has 24 heavy (non-hydrogen) atoms. The van der Waals surface area contributed by atoms with Crippen LogP contribution in [0.15, 0.2) is 36.4 Å². The zero-order valence-electron chi connectivity index (χ0n) is 15.2. The average Bonchev–Trinajstić information content (AvgIpc) is 2.87. The van der Waals surface area contributed by atoms with E-state index in [1.807, 2.05) is 6.07 Å².